The molecule has 0 amide bonds. The normalized spacial score (nSPS) is 10.4. The number of nitrogens with two attached hydrogens (primary N) is 1. The quantitative estimate of drug-likeness (QED) is 0.366. The van der Waals surface area contributed by atoms with Crippen LogP contribution in [0.2, 0.25) is 0 Å². The molecule has 2 aromatic heterocycles. The van der Waals surface area contributed by atoms with Gasteiger partial charge in [-0.2, -0.15) is 15.0 Å². The summed E-state index contributed by atoms with van der Waals surface area (Å²) in [6.45, 7) is 0.385. The predicted molar refractivity (Wildman–Crippen MR) is 115 cm³/mol. The average Bonchev–Trinajstić information content (AvgIpc) is 2.75. The minimum atomic E-state index is -0.320. The van der Waals surface area contributed by atoms with Crippen molar-refractivity contribution in [3.8, 4) is 0 Å². The molecule has 4 aromatic rings. The highest BCUT2D eigenvalue weighted by Gasteiger charge is 2.08. The van der Waals surface area contributed by atoms with Gasteiger partial charge in [-0.15, -0.1) is 0 Å². The number of aromatic nitrogens is 4. The lowest BCUT2D eigenvalue weighted by Gasteiger charge is -2.11. The molecule has 30 heavy (non-hydrogen) atoms. The molecule has 0 radical (unpaired) electrons. The Bertz CT molecular complexity index is 1120. The van der Waals surface area contributed by atoms with Crippen LogP contribution in [0.15, 0.2) is 72.8 Å². The maximum absolute atomic E-state index is 13.2. The van der Waals surface area contributed by atoms with E-state index in [1.54, 1.807) is 18.2 Å². The highest BCUT2D eigenvalue weighted by molar-refractivity contribution is 5.59. The van der Waals surface area contributed by atoms with Crippen molar-refractivity contribution in [2.24, 2.45) is 0 Å². The van der Waals surface area contributed by atoms with Gasteiger partial charge in [0.15, 0.2) is 0 Å². The summed E-state index contributed by atoms with van der Waals surface area (Å²) in [4.78, 5) is 17.5. The number of nitrogens with one attached hydrogen (secondary N) is 3. The summed E-state index contributed by atoms with van der Waals surface area (Å²) in [5.74, 6) is 1.12. The van der Waals surface area contributed by atoms with Crippen molar-refractivity contribution in [3.63, 3.8) is 0 Å². The zero-order valence-corrected chi connectivity index (χ0v) is 15.9. The Kier molecular flexibility index (Phi) is 5.61. The molecule has 150 valence electrons. The third kappa shape index (κ3) is 5.16. The second-order valence-corrected chi connectivity index (χ2v) is 6.34. The monoisotopic (exact) mass is 402 g/mol. The Morgan fingerprint density at radius 3 is 1.97 bits per heavy atom. The van der Waals surface area contributed by atoms with E-state index in [9.17, 15) is 4.39 Å². The summed E-state index contributed by atoms with van der Waals surface area (Å²) in [5.41, 5.74) is 7.97. The standard InChI is InChI=1S/C21H19FN8/c22-14-9-11-16(12-10-14)27-21-29-19(24-13-17-7-4-8-18(23)25-17)28-20(30-21)26-15-5-2-1-3-6-15/h1-12H,13H2,(H2,23,25)(H3,24,26,27,28,29,30). The van der Waals surface area contributed by atoms with Gasteiger partial charge in [-0.25, -0.2) is 9.37 Å². The molecule has 0 spiro atoms. The van der Waals surface area contributed by atoms with Gasteiger partial charge in [0.05, 0.1) is 12.2 Å². The molecular formula is C21H19FN8. The number of nitrogen functional groups attached to an aromatic ring is 1. The largest absolute Gasteiger partial charge is 0.384 e. The van der Waals surface area contributed by atoms with Crippen LogP contribution in [-0.2, 0) is 6.54 Å². The van der Waals surface area contributed by atoms with Crippen molar-refractivity contribution in [1.29, 1.82) is 0 Å². The highest BCUT2D eigenvalue weighted by Crippen LogP contribution is 2.19. The zero-order chi connectivity index (χ0) is 20.8. The van der Waals surface area contributed by atoms with Crippen LogP contribution in [0.3, 0.4) is 0 Å². The Balaban J connectivity index is 1.58. The molecule has 0 atom stereocenters. The minimum Gasteiger partial charge on any atom is -0.384 e. The first kappa shape index (κ1) is 19.1. The van der Waals surface area contributed by atoms with E-state index in [4.69, 9.17) is 5.73 Å². The number of nitrogens with zero attached hydrogens (tertiary/aromatic N) is 4. The van der Waals surface area contributed by atoms with E-state index < -0.39 is 0 Å². The minimum absolute atomic E-state index is 0.304. The van der Waals surface area contributed by atoms with Crippen LogP contribution in [0, 0.1) is 5.82 Å². The van der Waals surface area contributed by atoms with Crippen molar-refractivity contribution < 1.29 is 4.39 Å². The van der Waals surface area contributed by atoms with Gasteiger partial charge in [-0.3, -0.25) is 0 Å². The van der Waals surface area contributed by atoms with Crippen LogP contribution in [0.1, 0.15) is 5.69 Å². The number of anilines is 6. The van der Waals surface area contributed by atoms with Crippen LogP contribution in [0.25, 0.3) is 0 Å². The summed E-state index contributed by atoms with van der Waals surface area (Å²) in [6, 6.07) is 20.9. The molecule has 0 bridgehead atoms. The summed E-state index contributed by atoms with van der Waals surface area (Å²) >= 11 is 0. The summed E-state index contributed by atoms with van der Waals surface area (Å²) < 4.78 is 13.2. The van der Waals surface area contributed by atoms with E-state index >= 15 is 0 Å². The first-order valence-corrected chi connectivity index (χ1v) is 9.20. The van der Waals surface area contributed by atoms with E-state index in [1.807, 2.05) is 42.5 Å². The first-order valence-electron chi connectivity index (χ1n) is 9.20. The maximum Gasteiger partial charge on any atom is 0.233 e. The molecule has 0 saturated carbocycles. The molecule has 2 heterocycles. The van der Waals surface area contributed by atoms with E-state index in [1.165, 1.54) is 12.1 Å². The molecular weight excluding hydrogens is 383 g/mol. The third-order valence-electron chi connectivity index (χ3n) is 4.02. The van der Waals surface area contributed by atoms with Crippen LogP contribution in [-0.4, -0.2) is 19.9 Å². The van der Waals surface area contributed by atoms with Gasteiger partial charge in [0, 0.05) is 11.4 Å². The molecule has 0 fully saturated rings. The highest BCUT2D eigenvalue weighted by atomic mass is 19.1. The summed E-state index contributed by atoms with van der Waals surface area (Å²) in [7, 11) is 0. The average molecular weight is 402 g/mol. The van der Waals surface area contributed by atoms with Gasteiger partial charge < -0.3 is 21.7 Å². The number of pyridine rings is 1. The van der Waals surface area contributed by atoms with E-state index in [0.29, 0.717) is 35.9 Å². The van der Waals surface area contributed by atoms with Crippen LogP contribution < -0.4 is 21.7 Å². The zero-order valence-electron chi connectivity index (χ0n) is 15.9. The molecule has 2 aromatic carbocycles. The number of hydrogen-bond donors (Lipinski definition) is 4. The smallest absolute Gasteiger partial charge is 0.233 e. The first-order chi connectivity index (χ1) is 14.6. The molecule has 0 aliphatic carbocycles. The van der Waals surface area contributed by atoms with E-state index in [2.05, 4.69) is 35.9 Å². The van der Waals surface area contributed by atoms with Crippen LogP contribution in [0.5, 0.6) is 0 Å². The number of halogens is 1. The Hall–Kier alpha value is -4.27. The summed E-state index contributed by atoms with van der Waals surface area (Å²) in [6.07, 6.45) is 0. The Labute approximate surface area is 172 Å². The predicted octanol–water partition coefficient (Wildman–Crippen LogP) is 4.09. The molecule has 0 aliphatic heterocycles. The fourth-order valence-electron chi connectivity index (χ4n) is 2.65. The van der Waals surface area contributed by atoms with Crippen molar-refractivity contribution in [2.75, 3.05) is 21.7 Å². The number of para-hydroxylation sites is 1. The molecule has 9 heteroatoms. The van der Waals surface area contributed by atoms with Crippen molar-refractivity contribution in [2.45, 2.75) is 6.54 Å². The molecule has 5 N–H and O–H groups in total. The lowest BCUT2D eigenvalue weighted by Crippen LogP contribution is -2.10. The van der Waals surface area contributed by atoms with Crippen LogP contribution in [0.4, 0.5) is 39.4 Å². The molecule has 8 nitrogen and oxygen atoms in total. The maximum atomic E-state index is 13.2. The summed E-state index contributed by atoms with van der Waals surface area (Å²) in [5, 5.41) is 9.34. The topological polar surface area (TPSA) is 114 Å². The van der Waals surface area contributed by atoms with Gasteiger partial charge in [0.2, 0.25) is 17.8 Å². The third-order valence-corrected chi connectivity index (χ3v) is 4.02. The fraction of sp³-hybridized carbons (Fsp3) is 0.0476. The number of benzene rings is 2. The van der Waals surface area contributed by atoms with Gasteiger partial charge in [0.25, 0.3) is 0 Å². The second kappa shape index (κ2) is 8.82. The van der Waals surface area contributed by atoms with Crippen LogP contribution >= 0.6 is 0 Å². The van der Waals surface area contributed by atoms with E-state index in [0.717, 1.165) is 11.4 Å². The van der Waals surface area contributed by atoms with Gasteiger partial charge in [-0.05, 0) is 48.5 Å². The lowest BCUT2D eigenvalue weighted by atomic mass is 10.3. The lowest BCUT2D eigenvalue weighted by molar-refractivity contribution is 0.628. The molecule has 4 rings (SSSR count). The Morgan fingerprint density at radius 1 is 0.667 bits per heavy atom. The van der Waals surface area contributed by atoms with Gasteiger partial charge in [0.1, 0.15) is 11.6 Å². The van der Waals surface area contributed by atoms with Gasteiger partial charge >= 0.3 is 0 Å². The number of rotatable bonds is 7. The van der Waals surface area contributed by atoms with E-state index in [-0.39, 0.29) is 5.82 Å². The van der Waals surface area contributed by atoms with Crippen molar-refractivity contribution in [3.05, 3.63) is 84.3 Å². The fourth-order valence-corrected chi connectivity index (χ4v) is 2.65. The molecule has 0 unspecified atom stereocenters. The second-order valence-electron chi connectivity index (χ2n) is 6.34. The molecule has 0 aliphatic rings. The van der Waals surface area contributed by atoms with Crippen molar-refractivity contribution >= 4 is 35.0 Å². The Morgan fingerprint density at radius 2 is 1.30 bits per heavy atom. The SMILES string of the molecule is Nc1cccc(CNc2nc(Nc3ccccc3)nc(Nc3ccc(F)cc3)n2)n1. The van der Waals surface area contributed by atoms with Gasteiger partial charge in [-0.1, -0.05) is 24.3 Å². The molecule has 0 saturated heterocycles. The number of hydrogen-bond acceptors (Lipinski definition) is 8. The van der Waals surface area contributed by atoms with Crippen molar-refractivity contribution in [1.82, 2.24) is 19.9 Å².